The van der Waals surface area contributed by atoms with Gasteiger partial charge in [0.05, 0.1) is 19.8 Å². The average molecular weight is 223 g/mol. The molecule has 0 heterocycles. The van der Waals surface area contributed by atoms with Gasteiger partial charge in [0.15, 0.2) is 0 Å². The number of ether oxygens (including phenoxy) is 2. The predicted octanol–water partition coefficient (Wildman–Crippen LogP) is 2.38. The van der Waals surface area contributed by atoms with Crippen molar-refractivity contribution in [1.29, 1.82) is 0 Å². The van der Waals surface area contributed by atoms with Crippen molar-refractivity contribution in [1.82, 2.24) is 5.32 Å². The lowest BCUT2D eigenvalue weighted by Crippen LogP contribution is -2.25. The highest BCUT2D eigenvalue weighted by molar-refractivity contribution is 5.29. The molecule has 0 radical (unpaired) electrons. The molecule has 0 aromatic heterocycles. The number of methoxy groups -OCH3 is 1. The molecule has 0 aliphatic carbocycles. The van der Waals surface area contributed by atoms with Gasteiger partial charge in [-0.1, -0.05) is 19.1 Å². The van der Waals surface area contributed by atoms with Gasteiger partial charge in [-0.25, -0.2) is 0 Å². The first-order valence-corrected chi connectivity index (χ1v) is 5.76. The number of likely N-dealkylation sites (N-methyl/N-ethyl adjacent to an activating group) is 1. The third-order valence-electron chi connectivity index (χ3n) is 2.46. The molecule has 1 rings (SSSR count). The predicted molar refractivity (Wildman–Crippen MR) is 65.9 cm³/mol. The van der Waals surface area contributed by atoms with Gasteiger partial charge in [0.2, 0.25) is 0 Å². The topological polar surface area (TPSA) is 30.5 Å². The van der Waals surface area contributed by atoms with Crippen LogP contribution >= 0.6 is 0 Å². The molecular weight excluding hydrogens is 202 g/mol. The molecule has 16 heavy (non-hydrogen) atoms. The Balaban J connectivity index is 2.67. The standard InChI is InChI=1S/C13H21NO2/c1-4-14-13(10-16-5-2)11-6-8-12(15-3)9-7-11/h6-9,13-14H,4-5,10H2,1-3H3. The Morgan fingerprint density at radius 3 is 2.38 bits per heavy atom. The normalized spacial score (nSPS) is 12.4. The third-order valence-corrected chi connectivity index (χ3v) is 2.46. The first kappa shape index (κ1) is 13.0. The van der Waals surface area contributed by atoms with Crippen molar-refractivity contribution in [3.63, 3.8) is 0 Å². The van der Waals surface area contributed by atoms with Crippen LogP contribution in [0.5, 0.6) is 5.75 Å². The van der Waals surface area contributed by atoms with Gasteiger partial charge >= 0.3 is 0 Å². The summed E-state index contributed by atoms with van der Waals surface area (Å²) in [4.78, 5) is 0. The van der Waals surface area contributed by atoms with Gasteiger partial charge < -0.3 is 14.8 Å². The SMILES string of the molecule is CCNC(COCC)c1ccc(OC)cc1. The van der Waals surface area contributed by atoms with Crippen molar-refractivity contribution in [3.8, 4) is 5.75 Å². The Hall–Kier alpha value is -1.06. The van der Waals surface area contributed by atoms with Crippen molar-refractivity contribution in [2.75, 3.05) is 26.9 Å². The van der Waals surface area contributed by atoms with Crippen molar-refractivity contribution in [3.05, 3.63) is 29.8 Å². The molecule has 0 bridgehead atoms. The molecule has 0 saturated carbocycles. The second-order valence-electron chi connectivity index (χ2n) is 3.54. The number of nitrogens with one attached hydrogen (secondary N) is 1. The number of benzene rings is 1. The Kier molecular flexibility index (Phi) is 5.90. The van der Waals surface area contributed by atoms with E-state index in [1.54, 1.807) is 7.11 Å². The van der Waals surface area contributed by atoms with E-state index >= 15 is 0 Å². The maximum absolute atomic E-state index is 5.47. The summed E-state index contributed by atoms with van der Waals surface area (Å²) in [6, 6.07) is 8.36. The number of rotatable bonds is 7. The molecule has 0 saturated heterocycles. The Morgan fingerprint density at radius 2 is 1.88 bits per heavy atom. The fourth-order valence-corrected chi connectivity index (χ4v) is 1.59. The summed E-state index contributed by atoms with van der Waals surface area (Å²) in [5.41, 5.74) is 1.23. The van der Waals surface area contributed by atoms with Crippen LogP contribution in [-0.2, 0) is 4.74 Å². The van der Waals surface area contributed by atoms with E-state index < -0.39 is 0 Å². The van der Waals surface area contributed by atoms with Crippen molar-refractivity contribution in [2.45, 2.75) is 19.9 Å². The average Bonchev–Trinajstić information content (AvgIpc) is 2.35. The Labute approximate surface area is 97.8 Å². The van der Waals surface area contributed by atoms with E-state index in [1.165, 1.54) is 5.56 Å². The monoisotopic (exact) mass is 223 g/mol. The minimum Gasteiger partial charge on any atom is -0.497 e. The molecule has 1 aromatic carbocycles. The Bertz CT molecular complexity index is 284. The van der Waals surface area contributed by atoms with Gasteiger partial charge in [-0.05, 0) is 31.2 Å². The van der Waals surface area contributed by atoms with Gasteiger partial charge in [-0.3, -0.25) is 0 Å². The molecule has 0 aliphatic heterocycles. The summed E-state index contributed by atoms with van der Waals surface area (Å²) in [5.74, 6) is 0.885. The lowest BCUT2D eigenvalue weighted by molar-refractivity contribution is 0.123. The third kappa shape index (κ3) is 3.83. The first-order chi connectivity index (χ1) is 7.81. The zero-order valence-corrected chi connectivity index (χ0v) is 10.3. The molecule has 1 N–H and O–H groups in total. The number of hydrogen-bond donors (Lipinski definition) is 1. The van der Waals surface area contributed by atoms with Crippen molar-refractivity contribution < 1.29 is 9.47 Å². The lowest BCUT2D eigenvalue weighted by Gasteiger charge is -2.18. The van der Waals surface area contributed by atoms with Crippen LogP contribution in [0.4, 0.5) is 0 Å². The molecular formula is C13H21NO2. The maximum Gasteiger partial charge on any atom is 0.118 e. The van der Waals surface area contributed by atoms with Gasteiger partial charge in [-0.15, -0.1) is 0 Å². The van der Waals surface area contributed by atoms with Gasteiger partial charge in [0, 0.05) is 6.61 Å². The van der Waals surface area contributed by atoms with Crippen LogP contribution in [0.25, 0.3) is 0 Å². The summed E-state index contributed by atoms with van der Waals surface area (Å²) in [7, 11) is 1.68. The smallest absolute Gasteiger partial charge is 0.118 e. The van der Waals surface area contributed by atoms with E-state index in [1.807, 2.05) is 19.1 Å². The molecule has 0 amide bonds. The number of hydrogen-bond acceptors (Lipinski definition) is 3. The van der Waals surface area contributed by atoms with E-state index in [0.717, 1.165) is 18.9 Å². The minimum atomic E-state index is 0.260. The van der Waals surface area contributed by atoms with Crippen LogP contribution in [0.3, 0.4) is 0 Å². The molecule has 3 nitrogen and oxygen atoms in total. The summed E-state index contributed by atoms with van der Waals surface area (Å²) in [6.45, 7) is 6.50. The largest absolute Gasteiger partial charge is 0.497 e. The summed E-state index contributed by atoms with van der Waals surface area (Å²) >= 11 is 0. The van der Waals surface area contributed by atoms with E-state index in [0.29, 0.717) is 6.61 Å². The van der Waals surface area contributed by atoms with Gasteiger partial charge in [-0.2, -0.15) is 0 Å². The maximum atomic E-state index is 5.47. The molecule has 1 atom stereocenters. The van der Waals surface area contributed by atoms with E-state index in [9.17, 15) is 0 Å². The summed E-state index contributed by atoms with van der Waals surface area (Å²) in [5, 5.41) is 3.41. The van der Waals surface area contributed by atoms with Crippen LogP contribution in [0, 0.1) is 0 Å². The molecule has 90 valence electrons. The van der Waals surface area contributed by atoms with Crippen molar-refractivity contribution >= 4 is 0 Å². The first-order valence-electron chi connectivity index (χ1n) is 5.76. The minimum absolute atomic E-state index is 0.260. The molecule has 1 unspecified atom stereocenters. The van der Waals surface area contributed by atoms with Gasteiger partial charge in [0.25, 0.3) is 0 Å². The summed E-state index contributed by atoms with van der Waals surface area (Å²) in [6.07, 6.45) is 0. The highest BCUT2D eigenvalue weighted by Gasteiger charge is 2.09. The van der Waals surface area contributed by atoms with E-state index in [4.69, 9.17) is 9.47 Å². The van der Waals surface area contributed by atoms with Crippen LogP contribution in [0.1, 0.15) is 25.5 Å². The van der Waals surface area contributed by atoms with Crippen LogP contribution < -0.4 is 10.1 Å². The molecule has 0 aliphatic rings. The lowest BCUT2D eigenvalue weighted by atomic mass is 10.1. The quantitative estimate of drug-likeness (QED) is 0.770. The summed E-state index contributed by atoms with van der Waals surface area (Å²) < 4.78 is 10.6. The van der Waals surface area contributed by atoms with E-state index in [2.05, 4.69) is 24.4 Å². The van der Waals surface area contributed by atoms with Crippen molar-refractivity contribution in [2.24, 2.45) is 0 Å². The van der Waals surface area contributed by atoms with Crippen LogP contribution in [0.2, 0.25) is 0 Å². The van der Waals surface area contributed by atoms with Crippen LogP contribution in [0.15, 0.2) is 24.3 Å². The molecule has 3 heteroatoms. The second-order valence-corrected chi connectivity index (χ2v) is 3.54. The Morgan fingerprint density at radius 1 is 1.19 bits per heavy atom. The molecule has 0 fully saturated rings. The van der Waals surface area contributed by atoms with Crippen LogP contribution in [-0.4, -0.2) is 26.9 Å². The zero-order valence-electron chi connectivity index (χ0n) is 10.3. The highest BCUT2D eigenvalue weighted by atomic mass is 16.5. The zero-order chi connectivity index (χ0) is 11.8. The molecule has 0 spiro atoms. The van der Waals surface area contributed by atoms with Gasteiger partial charge in [0.1, 0.15) is 5.75 Å². The van der Waals surface area contributed by atoms with E-state index in [-0.39, 0.29) is 6.04 Å². The molecule has 1 aromatic rings. The fraction of sp³-hybridized carbons (Fsp3) is 0.538. The fourth-order valence-electron chi connectivity index (χ4n) is 1.59. The highest BCUT2D eigenvalue weighted by Crippen LogP contribution is 2.17. The second kappa shape index (κ2) is 7.25.